The largest absolute Gasteiger partial charge is 0.497 e. The first-order chi connectivity index (χ1) is 10.2. The molecule has 0 saturated carbocycles. The van der Waals surface area contributed by atoms with Crippen LogP contribution in [0.5, 0.6) is 5.75 Å². The summed E-state index contributed by atoms with van der Waals surface area (Å²) in [5.41, 5.74) is 1.28. The predicted molar refractivity (Wildman–Crippen MR) is 80.4 cm³/mol. The second kappa shape index (κ2) is 7.23. The number of amides is 1. The number of carbonyl (C=O) groups is 1. The first-order valence-electron chi connectivity index (χ1n) is 6.70. The molecule has 1 aromatic heterocycles. The Bertz CT molecular complexity index is 599. The number of nitrogens with zero attached hydrogens (tertiary/aromatic N) is 2. The lowest BCUT2D eigenvalue weighted by molar-refractivity contribution is 0.0945. The second-order valence-electron chi connectivity index (χ2n) is 4.35. The van der Waals surface area contributed by atoms with Gasteiger partial charge in [-0.2, -0.15) is 0 Å². The molecule has 0 bridgehead atoms. The van der Waals surface area contributed by atoms with E-state index in [1.807, 2.05) is 31.2 Å². The van der Waals surface area contributed by atoms with Crippen LogP contribution in [0.2, 0.25) is 0 Å². The third kappa shape index (κ3) is 4.17. The molecule has 2 aromatic rings. The molecule has 1 aromatic carbocycles. The predicted octanol–water partition coefficient (Wildman–Crippen LogP) is 1.85. The Balaban J connectivity index is 1.95. The maximum absolute atomic E-state index is 12.0. The van der Waals surface area contributed by atoms with E-state index >= 15 is 0 Å². The van der Waals surface area contributed by atoms with Gasteiger partial charge < -0.3 is 15.4 Å². The summed E-state index contributed by atoms with van der Waals surface area (Å²) in [6.45, 7) is 3.11. The van der Waals surface area contributed by atoms with Gasteiger partial charge in [-0.05, 0) is 24.6 Å². The summed E-state index contributed by atoms with van der Waals surface area (Å²) < 4.78 is 5.09. The van der Waals surface area contributed by atoms with Gasteiger partial charge in [0.2, 0.25) is 0 Å². The van der Waals surface area contributed by atoms with Crippen molar-refractivity contribution in [2.75, 3.05) is 19.0 Å². The fraction of sp³-hybridized carbons (Fsp3) is 0.267. The van der Waals surface area contributed by atoms with Crippen LogP contribution in [-0.4, -0.2) is 29.5 Å². The van der Waals surface area contributed by atoms with Crippen molar-refractivity contribution in [1.82, 2.24) is 15.3 Å². The van der Waals surface area contributed by atoms with E-state index in [4.69, 9.17) is 4.74 Å². The highest BCUT2D eigenvalue weighted by Gasteiger charge is 2.08. The summed E-state index contributed by atoms with van der Waals surface area (Å²) in [5, 5.41) is 5.83. The lowest BCUT2D eigenvalue weighted by Crippen LogP contribution is -2.24. The molecule has 0 fully saturated rings. The van der Waals surface area contributed by atoms with Gasteiger partial charge in [0.25, 0.3) is 5.91 Å². The fourth-order valence-electron chi connectivity index (χ4n) is 1.76. The molecular formula is C15H18N4O2. The minimum Gasteiger partial charge on any atom is -0.497 e. The maximum atomic E-state index is 12.0. The Morgan fingerprint density at radius 3 is 2.67 bits per heavy atom. The number of nitrogens with one attached hydrogen (secondary N) is 2. The number of carbonyl (C=O) groups excluding carboxylic acids is 1. The molecule has 110 valence electrons. The monoisotopic (exact) mass is 286 g/mol. The molecule has 0 aliphatic carbocycles. The van der Waals surface area contributed by atoms with E-state index in [1.54, 1.807) is 13.3 Å². The average Bonchev–Trinajstić information content (AvgIpc) is 2.53. The molecule has 6 nitrogen and oxygen atoms in total. The van der Waals surface area contributed by atoms with Gasteiger partial charge >= 0.3 is 0 Å². The first-order valence-corrected chi connectivity index (χ1v) is 6.70. The smallest absolute Gasteiger partial charge is 0.271 e. The summed E-state index contributed by atoms with van der Waals surface area (Å²) in [4.78, 5) is 20.2. The number of anilines is 1. The van der Waals surface area contributed by atoms with E-state index in [0.717, 1.165) is 17.9 Å². The summed E-state index contributed by atoms with van der Waals surface area (Å²) in [7, 11) is 1.62. The van der Waals surface area contributed by atoms with Crippen molar-refractivity contribution in [3.8, 4) is 5.75 Å². The zero-order chi connectivity index (χ0) is 15.1. The molecule has 0 aliphatic heterocycles. The van der Waals surface area contributed by atoms with E-state index in [-0.39, 0.29) is 5.91 Å². The Hall–Kier alpha value is -2.63. The highest BCUT2D eigenvalue weighted by Crippen LogP contribution is 2.11. The molecule has 0 aliphatic rings. The lowest BCUT2D eigenvalue weighted by Gasteiger charge is -2.07. The zero-order valence-corrected chi connectivity index (χ0v) is 12.1. The minimum atomic E-state index is -0.252. The van der Waals surface area contributed by atoms with Gasteiger partial charge in [-0.1, -0.05) is 12.1 Å². The molecule has 1 amide bonds. The molecule has 0 unspecified atom stereocenters. The molecule has 1 heterocycles. The maximum Gasteiger partial charge on any atom is 0.271 e. The highest BCUT2D eigenvalue weighted by atomic mass is 16.5. The van der Waals surface area contributed by atoms with Crippen molar-refractivity contribution in [3.05, 3.63) is 47.9 Å². The van der Waals surface area contributed by atoms with Gasteiger partial charge in [-0.15, -0.1) is 0 Å². The summed E-state index contributed by atoms with van der Waals surface area (Å²) >= 11 is 0. The molecule has 0 atom stereocenters. The Morgan fingerprint density at radius 2 is 2.00 bits per heavy atom. The van der Waals surface area contributed by atoms with Crippen LogP contribution in [-0.2, 0) is 6.54 Å². The Kier molecular flexibility index (Phi) is 5.09. The second-order valence-corrected chi connectivity index (χ2v) is 4.35. The molecule has 0 radical (unpaired) electrons. The molecule has 21 heavy (non-hydrogen) atoms. The molecule has 6 heteroatoms. The number of benzene rings is 1. The number of aromatic nitrogens is 2. The fourth-order valence-corrected chi connectivity index (χ4v) is 1.76. The standard InChI is InChI=1S/C15H18N4O2/c1-3-17-14-10-16-9-13(19-14)15(20)18-8-11-4-6-12(21-2)7-5-11/h4-7,9-10H,3,8H2,1-2H3,(H,17,19)(H,18,20). The van der Waals surface area contributed by atoms with Crippen molar-refractivity contribution < 1.29 is 9.53 Å². The lowest BCUT2D eigenvalue weighted by atomic mass is 10.2. The van der Waals surface area contributed by atoms with Crippen LogP contribution in [0, 0.1) is 0 Å². The van der Waals surface area contributed by atoms with Gasteiger partial charge in [0.1, 0.15) is 17.3 Å². The van der Waals surface area contributed by atoms with Crippen molar-refractivity contribution in [1.29, 1.82) is 0 Å². The van der Waals surface area contributed by atoms with Crippen LogP contribution in [0.1, 0.15) is 23.0 Å². The zero-order valence-electron chi connectivity index (χ0n) is 12.1. The molecular weight excluding hydrogens is 268 g/mol. The van der Waals surface area contributed by atoms with E-state index in [9.17, 15) is 4.79 Å². The first kappa shape index (κ1) is 14.8. The van der Waals surface area contributed by atoms with Gasteiger partial charge in [-0.3, -0.25) is 9.78 Å². The minimum absolute atomic E-state index is 0.252. The Labute approximate surface area is 123 Å². The third-order valence-corrected chi connectivity index (χ3v) is 2.84. The van der Waals surface area contributed by atoms with Crippen LogP contribution >= 0.6 is 0 Å². The quantitative estimate of drug-likeness (QED) is 0.847. The molecule has 0 saturated heterocycles. The van der Waals surface area contributed by atoms with E-state index in [2.05, 4.69) is 20.6 Å². The highest BCUT2D eigenvalue weighted by molar-refractivity contribution is 5.92. The van der Waals surface area contributed by atoms with Gasteiger partial charge in [0.05, 0.1) is 19.5 Å². The molecule has 2 rings (SSSR count). The van der Waals surface area contributed by atoms with Crippen LogP contribution in [0.15, 0.2) is 36.7 Å². The topological polar surface area (TPSA) is 76.1 Å². The summed E-state index contributed by atoms with van der Waals surface area (Å²) in [6.07, 6.45) is 3.04. The van der Waals surface area contributed by atoms with Crippen molar-refractivity contribution >= 4 is 11.7 Å². The van der Waals surface area contributed by atoms with Crippen molar-refractivity contribution in [2.24, 2.45) is 0 Å². The Morgan fingerprint density at radius 1 is 1.24 bits per heavy atom. The summed E-state index contributed by atoms with van der Waals surface area (Å²) in [6, 6.07) is 7.51. The molecule has 0 spiro atoms. The van der Waals surface area contributed by atoms with Crippen LogP contribution in [0.4, 0.5) is 5.82 Å². The van der Waals surface area contributed by atoms with Gasteiger partial charge in [0.15, 0.2) is 0 Å². The number of rotatable bonds is 6. The summed E-state index contributed by atoms with van der Waals surface area (Å²) in [5.74, 6) is 1.13. The SMILES string of the molecule is CCNc1cncc(C(=O)NCc2ccc(OC)cc2)n1. The normalized spacial score (nSPS) is 10.0. The molecule has 2 N–H and O–H groups in total. The van der Waals surface area contributed by atoms with E-state index in [0.29, 0.717) is 18.1 Å². The van der Waals surface area contributed by atoms with Gasteiger partial charge in [0, 0.05) is 13.1 Å². The van der Waals surface area contributed by atoms with E-state index in [1.165, 1.54) is 6.20 Å². The van der Waals surface area contributed by atoms with Crippen LogP contribution < -0.4 is 15.4 Å². The average molecular weight is 286 g/mol. The van der Waals surface area contributed by atoms with Crippen LogP contribution in [0.25, 0.3) is 0 Å². The number of methoxy groups -OCH3 is 1. The van der Waals surface area contributed by atoms with E-state index < -0.39 is 0 Å². The number of hydrogen-bond acceptors (Lipinski definition) is 5. The van der Waals surface area contributed by atoms with Crippen molar-refractivity contribution in [2.45, 2.75) is 13.5 Å². The van der Waals surface area contributed by atoms with Crippen molar-refractivity contribution in [3.63, 3.8) is 0 Å². The number of ether oxygens (including phenoxy) is 1. The number of hydrogen-bond donors (Lipinski definition) is 2. The third-order valence-electron chi connectivity index (χ3n) is 2.84. The van der Waals surface area contributed by atoms with Gasteiger partial charge in [-0.25, -0.2) is 4.98 Å². The van der Waals surface area contributed by atoms with Crippen LogP contribution in [0.3, 0.4) is 0 Å².